The van der Waals surface area contributed by atoms with Crippen molar-refractivity contribution in [2.75, 3.05) is 0 Å². The van der Waals surface area contributed by atoms with Gasteiger partial charge in [0.15, 0.2) is 11.6 Å². The van der Waals surface area contributed by atoms with Gasteiger partial charge < -0.3 is 4.74 Å². The molecule has 0 heterocycles. The quantitative estimate of drug-likeness (QED) is 0.306. The van der Waals surface area contributed by atoms with Gasteiger partial charge in [0.1, 0.15) is 5.82 Å². The second-order valence-corrected chi connectivity index (χ2v) is 9.34. The normalized spacial score (nSPS) is 25.4. The van der Waals surface area contributed by atoms with Gasteiger partial charge in [0.05, 0.1) is 0 Å². The number of benzene rings is 2. The molecule has 0 saturated heterocycles. The van der Waals surface area contributed by atoms with Gasteiger partial charge in [0.25, 0.3) is 0 Å². The van der Waals surface area contributed by atoms with Crippen molar-refractivity contribution >= 4 is 0 Å². The maximum absolute atomic E-state index is 15.0. The van der Waals surface area contributed by atoms with E-state index in [0.717, 1.165) is 48.8 Å². The molecule has 4 rings (SSSR count). The topological polar surface area (TPSA) is 9.23 Å². The van der Waals surface area contributed by atoms with Crippen molar-refractivity contribution in [1.29, 1.82) is 0 Å². The highest BCUT2D eigenvalue weighted by atomic mass is 19.3. The monoisotopic (exact) mass is 446 g/mol. The van der Waals surface area contributed by atoms with Gasteiger partial charge in [-0.2, -0.15) is 8.78 Å². The molecule has 0 radical (unpaired) electrons. The zero-order valence-electron chi connectivity index (χ0n) is 18.2. The van der Waals surface area contributed by atoms with E-state index in [2.05, 4.69) is 11.3 Å². The molecule has 0 bridgehead atoms. The van der Waals surface area contributed by atoms with Crippen LogP contribution in [0.3, 0.4) is 0 Å². The third kappa shape index (κ3) is 5.19. The van der Waals surface area contributed by atoms with E-state index in [4.69, 9.17) is 0 Å². The number of hydrogen-bond donors (Lipinski definition) is 0. The summed E-state index contributed by atoms with van der Waals surface area (Å²) in [6.45, 7) is 0.731. The number of fused-ring (bicyclic) bond motifs is 1. The number of alkyl halides is 2. The summed E-state index contributed by atoms with van der Waals surface area (Å²) in [6, 6.07) is 8.71. The molecule has 0 aromatic heterocycles. The summed E-state index contributed by atoms with van der Waals surface area (Å²) in [5.74, 6) is 0.775. The van der Waals surface area contributed by atoms with E-state index in [1.807, 2.05) is 12.1 Å². The Balaban J connectivity index is 1.43. The Morgan fingerprint density at radius 2 is 1.72 bits per heavy atom. The summed E-state index contributed by atoms with van der Waals surface area (Å²) in [6.07, 6.45) is 11.6. The third-order valence-corrected chi connectivity index (χ3v) is 7.42. The summed E-state index contributed by atoms with van der Waals surface area (Å²) in [5, 5.41) is 0. The lowest BCUT2D eigenvalue weighted by Gasteiger charge is -2.42. The molecular formula is C27H30F4O. The fourth-order valence-electron chi connectivity index (χ4n) is 5.78. The maximum atomic E-state index is 15.0. The van der Waals surface area contributed by atoms with Crippen molar-refractivity contribution < 1.29 is 22.3 Å². The van der Waals surface area contributed by atoms with Crippen LogP contribution >= 0.6 is 0 Å². The predicted octanol–water partition coefficient (Wildman–Crippen LogP) is 8.50. The average Bonchev–Trinajstić information content (AvgIpc) is 2.78. The standard InChI is InChI=1S/C27H30F4O/c1-2-3-4-17-5-6-19-14-20(8-7-18(19)13-17)21-9-11-23(24(28)15-21)22-10-12-26(25(29)16-22)32-27(30)31/h2,9-12,15-20,27H,1,3-8,13-14H2. The highest BCUT2D eigenvalue weighted by Crippen LogP contribution is 2.48. The fraction of sp³-hybridized carbons (Fsp3) is 0.481. The van der Waals surface area contributed by atoms with Crippen LogP contribution in [0.25, 0.3) is 11.1 Å². The molecule has 0 N–H and O–H groups in total. The third-order valence-electron chi connectivity index (χ3n) is 7.42. The zero-order chi connectivity index (χ0) is 22.7. The molecule has 4 atom stereocenters. The summed E-state index contributed by atoms with van der Waals surface area (Å²) >= 11 is 0. The van der Waals surface area contributed by atoms with Gasteiger partial charge >= 0.3 is 6.61 Å². The van der Waals surface area contributed by atoms with E-state index in [1.165, 1.54) is 38.2 Å². The molecule has 0 aliphatic heterocycles. The molecule has 2 saturated carbocycles. The second-order valence-electron chi connectivity index (χ2n) is 9.34. The molecule has 32 heavy (non-hydrogen) atoms. The minimum atomic E-state index is -3.11. The Labute approximate surface area is 187 Å². The molecule has 5 heteroatoms. The van der Waals surface area contributed by atoms with E-state index in [-0.39, 0.29) is 5.56 Å². The van der Waals surface area contributed by atoms with Gasteiger partial charge in [-0.1, -0.05) is 30.7 Å². The van der Waals surface area contributed by atoms with Gasteiger partial charge in [-0.05, 0) is 97.9 Å². The molecule has 2 aromatic carbocycles. The Morgan fingerprint density at radius 3 is 2.44 bits per heavy atom. The van der Waals surface area contributed by atoms with E-state index < -0.39 is 24.0 Å². The van der Waals surface area contributed by atoms with Gasteiger partial charge in [-0.3, -0.25) is 0 Å². The van der Waals surface area contributed by atoms with Crippen molar-refractivity contribution in [3.05, 3.63) is 66.3 Å². The SMILES string of the molecule is C=CCCC1CCC2CC(c3ccc(-c4ccc(OC(F)F)c(F)c4)c(F)c3)CCC2C1. The van der Waals surface area contributed by atoms with Crippen LogP contribution in [0.5, 0.6) is 5.75 Å². The van der Waals surface area contributed by atoms with Crippen LogP contribution in [-0.4, -0.2) is 6.61 Å². The van der Waals surface area contributed by atoms with E-state index in [0.29, 0.717) is 17.4 Å². The summed E-state index contributed by atoms with van der Waals surface area (Å²) < 4.78 is 57.8. The Hall–Kier alpha value is -2.30. The number of allylic oxidation sites excluding steroid dienone is 1. The van der Waals surface area contributed by atoms with Crippen LogP contribution in [0, 0.1) is 29.4 Å². The van der Waals surface area contributed by atoms with Crippen LogP contribution in [0.1, 0.15) is 62.8 Å². The highest BCUT2D eigenvalue weighted by Gasteiger charge is 2.35. The molecule has 2 aliphatic rings. The lowest BCUT2D eigenvalue weighted by molar-refractivity contribution is -0.0521. The van der Waals surface area contributed by atoms with Crippen LogP contribution in [0.4, 0.5) is 17.6 Å². The average molecular weight is 447 g/mol. The van der Waals surface area contributed by atoms with Crippen molar-refractivity contribution in [3.8, 4) is 16.9 Å². The van der Waals surface area contributed by atoms with Crippen molar-refractivity contribution in [2.24, 2.45) is 17.8 Å². The molecular weight excluding hydrogens is 416 g/mol. The minimum absolute atomic E-state index is 0.257. The molecule has 2 fully saturated rings. The number of halogens is 4. The van der Waals surface area contributed by atoms with Crippen LogP contribution < -0.4 is 4.74 Å². The van der Waals surface area contributed by atoms with Crippen molar-refractivity contribution in [1.82, 2.24) is 0 Å². The van der Waals surface area contributed by atoms with Crippen LogP contribution in [-0.2, 0) is 0 Å². The molecule has 2 aliphatic carbocycles. The lowest BCUT2D eigenvalue weighted by Crippen LogP contribution is -2.30. The molecule has 0 amide bonds. The summed E-state index contributed by atoms with van der Waals surface area (Å²) in [4.78, 5) is 0. The van der Waals surface area contributed by atoms with Gasteiger partial charge in [-0.25, -0.2) is 8.78 Å². The lowest BCUT2D eigenvalue weighted by atomic mass is 9.63. The Bertz CT molecular complexity index is 941. The largest absolute Gasteiger partial charge is 0.432 e. The first-order chi connectivity index (χ1) is 15.4. The number of hydrogen-bond acceptors (Lipinski definition) is 1. The van der Waals surface area contributed by atoms with Crippen molar-refractivity contribution in [3.63, 3.8) is 0 Å². The van der Waals surface area contributed by atoms with Crippen molar-refractivity contribution in [2.45, 2.75) is 63.9 Å². The maximum Gasteiger partial charge on any atom is 0.387 e. The van der Waals surface area contributed by atoms with E-state index >= 15 is 0 Å². The number of rotatable bonds is 7. The van der Waals surface area contributed by atoms with Crippen LogP contribution in [0.2, 0.25) is 0 Å². The predicted molar refractivity (Wildman–Crippen MR) is 119 cm³/mol. The van der Waals surface area contributed by atoms with Gasteiger partial charge in [0, 0.05) is 5.56 Å². The summed E-state index contributed by atoms with van der Waals surface area (Å²) in [5.41, 5.74) is 1.55. The van der Waals surface area contributed by atoms with Crippen LogP contribution in [0.15, 0.2) is 49.1 Å². The highest BCUT2D eigenvalue weighted by molar-refractivity contribution is 5.65. The van der Waals surface area contributed by atoms with Gasteiger partial charge in [0.2, 0.25) is 0 Å². The van der Waals surface area contributed by atoms with E-state index in [9.17, 15) is 17.6 Å². The minimum Gasteiger partial charge on any atom is -0.432 e. The Kier molecular flexibility index (Phi) is 7.22. The Morgan fingerprint density at radius 1 is 0.938 bits per heavy atom. The first kappa shape index (κ1) is 22.9. The molecule has 172 valence electrons. The van der Waals surface area contributed by atoms with E-state index in [1.54, 1.807) is 12.1 Å². The summed E-state index contributed by atoms with van der Waals surface area (Å²) in [7, 11) is 0. The molecule has 2 aromatic rings. The fourth-order valence-corrected chi connectivity index (χ4v) is 5.78. The second kappa shape index (κ2) is 10.1. The zero-order valence-corrected chi connectivity index (χ0v) is 18.2. The molecule has 0 spiro atoms. The smallest absolute Gasteiger partial charge is 0.387 e. The molecule has 1 nitrogen and oxygen atoms in total. The van der Waals surface area contributed by atoms with Gasteiger partial charge in [-0.15, -0.1) is 6.58 Å². The number of ether oxygens (including phenoxy) is 1. The molecule has 4 unspecified atom stereocenters. The first-order valence-corrected chi connectivity index (χ1v) is 11.6. The first-order valence-electron chi connectivity index (χ1n) is 11.6.